The van der Waals surface area contributed by atoms with Gasteiger partial charge in [-0.3, -0.25) is 14.9 Å². The van der Waals surface area contributed by atoms with Crippen molar-refractivity contribution in [3.8, 4) is 0 Å². The Labute approximate surface area is 84.4 Å². The third kappa shape index (κ3) is 2.43. The summed E-state index contributed by atoms with van der Waals surface area (Å²) in [5.41, 5.74) is 0.326. The molecule has 0 atom stereocenters. The quantitative estimate of drug-likeness (QED) is 0.437. The molecule has 1 aromatic carbocycles. The highest BCUT2D eigenvalue weighted by Crippen LogP contribution is 2.25. The highest BCUT2D eigenvalue weighted by Gasteiger charge is 2.12. The minimum Gasteiger partial charge on any atom is -0.463 e. The Morgan fingerprint density at radius 3 is 2.86 bits per heavy atom. The van der Waals surface area contributed by atoms with Crippen molar-refractivity contribution in [1.29, 1.82) is 0 Å². The first kappa shape index (κ1) is 10.5. The number of ether oxygens (including phenoxy) is 1. The third-order valence-electron chi connectivity index (χ3n) is 1.53. The molecule has 6 heteroatoms. The molecule has 0 saturated heterocycles. The van der Waals surface area contributed by atoms with E-state index >= 15 is 0 Å². The molecule has 0 unspecified atom stereocenters. The number of carbonyl (C=O) groups excluding carboxylic acids is 1. The third-order valence-corrected chi connectivity index (χ3v) is 1.84. The largest absolute Gasteiger partial charge is 0.463 e. The second-order valence-corrected chi connectivity index (χ2v) is 2.86. The topological polar surface area (TPSA) is 69.4 Å². The standard InChI is InChI=1S/C8H6ClNO4/c9-7-2-1-6(4-14-5-11)3-8(7)10(12)13/h1-3,5H,4H2. The second kappa shape index (κ2) is 4.57. The van der Waals surface area contributed by atoms with Gasteiger partial charge < -0.3 is 4.74 Å². The highest BCUT2D eigenvalue weighted by atomic mass is 35.5. The van der Waals surface area contributed by atoms with Crippen LogP contribution in [0, 0.1) is 10.1 Å². The van der Waals surface area contributed by atoms with E-state index in [-0.39, 0.29) is 23.8 Å². The van der Waals surface area contributed by atoms with Crippen LogP contribution in [0.2, 0.25) is 5.02 Å². The van der Waals surface area contributed by atoms with Crippen LogP contribution >= 0.6 is 11.6 Å². The SMILES string of the molecule is O=COCc1ccc(Cl)c([N+](=O)[O-])c1. The smallest absolute Gasteiger partial charge is 0.293 e. The van der Waals surface area contributed by atoms with E-state index in [4.69, 9.17) is 11.6 Å². The number of hydrogen-bond donors (Lipinski definition) is 0. The summed E-state index contributed by atoms with van der Waals surface area (Å²) in [4.78, 5) is 19.7. The van der Waals surface area contributed by atoms with Crippen LogP contribution in [0.4, 0.5) is 5.69 Å². The van der Waals surface area contributed by atoms with Gasteiger partial charge in [-0.25, -0.2) is 0 Å². The number of nitro groups is 1. The normalized spacial score (nSPS) is 9.50. The summed E-state index contributed by atoms with van der Waals surface area (Å²) in [5, 5.41) is 10.5. The maximum atomic E-state index is 10.5. The lowest BCUT2D eigenvalue weighted by Gasteiger charge is -2.00. The van der Waals surface area contributed by atoms with Gasteiger partial charge in [0.1, 0.15) is 11.6 Å². The van der Waals surface area contributed by atoms with Gasteiger partial charge in [0, 0.05) is 6.07 Å². The van der Waals surface area contributed by atoms with Crippen LogP contribution in [0.3, 0.4) is 0 Å². The molecule has 0 aromatic heterocycles. The van der Waals surface area contributed by atoms with Crippen LogP contribution in [0.15, 0.2) is 18.2 Å². The molecule has 0 radical (unpaired) electrons. The van der Waals surface area contributed by atoms with Crippen molar-refractivity contribution in [2.45, 2.75) is 6.61 Å². The van der Waals surface area contributed by atoms with Gasteiger partial charge in [0.15, 0.2) is 0 Å². The van der Waals surface area contributed by atoms with Gasteiger partial charge in [0.05, 0.1) is 4.92 Å². The molecule has 5 nitrogen and oxygen atoms in total. The second-order valence-electron chi connectivity index (χ2n) is 2.45. The summed E-state index contributed by atoms with van der Waals surface area (Å²) in [7, 11) is 0. The van der Waals surface area contributed by atoms with Gasteiger partial charge in [0.25, 0.3) is 12.2 Å². The van der Waals surface area contributed by atoms with E-state index in [9.17, 15) is 14.9 Å². The lowest BCUT2D eigenvalue weighted by Crippen LogP contribution is -1.94. The van der Waals surface area contributed by atoms with Crippen LogP contribution in [0.25, 0.3) is 0 Å². The number of rotatable bonds is 4. The molecule has 1 aromatic rings. The van der Waals surface area contributed by atoms with Crippen molar-refractivity contribution < 1.29 is 14.5 Å². The lowest BCUT2D eigenvalue weighted by molar-refractivity contribution is -0.384. The van der Waals surface area contributed by atoms with E-state index in [1.54, 1.807) is 6.07 Å². The lowest BCUT2D eigenvalue weighted by atomic mass is 10.2. The van der Waals surface area contributed by atoms with Crippen molar-refractivity contribution in [3.05, 3.63) is 38.9 Å². The van der Waals surface area contributed by atoms with Crippen molar-refractivity contribution in [2.24, 2.45) is 0 Å². The molecule has 1 rings (SSSR count). The van der Waals surface area contributed by atoms with Crippen LogP contribution < -0.4 is 0 Å². The Kier molecular flexibility index (Phi) is 3.41. The van der Waals surface area contributed by atoms with Crippen LogP contribution in [-0.2, 0) is 16.1 Å². The zero-order valence-corrected chi connectivity index (χ0v) is 7.73. The number of nitrogens with zero attached hydrogens (tertiary/aromatic N) is 1. The number of nitro benzene ring substituents is 1. The monoisotopic (exact) mass is 215 g/mol. The molecule has 0 heterocycles. The van der Waals surface area contributed by atoms with Gasteiger partial charge in [-0.2, -0.15) is 0 Å². The molecule has 0 fully saturated rings. The fourth-order valence-corrected chi connectivity index (χ4v) is 1.10. The van der Waals surface area contributed by atoms with Gasteiger partial charge in [0.2, 0.25) is 0 Å². The fourth-order valence-electron chi connectivity index (χ4n) is 0.918. The molecular formula is C8H6ClNO4. The molecule has 0 spiro atoms. The van der Waals surface area contributed by atoms with Crippen LogP contribution in [0.1, 0.15) is 5.56 Å². The number of hydrogen-bond acceptors (Lipinski definition) is 4. The van der Waals surface area contributed by atoms with Gasteiger partial charge >= 0.3 is 0 Å². The summed E-state index contributed by atoms with van der Waals surface area (Å²) in [6.07, 6.45) is 0. The van der Waals surface area contributed by atoms with E-state index in [0.717, 1.165) is 0 Å². The minimum absolute atomic E-state index is 0.00150. The molecule has 0 aliphatic rings. The average Bonchev–Trinajstić information content (AvgIpc) is 2.16. The van der Waals surface area contributed by atoms with E-state index in [0.29, 0.717) is 5.56 Å². The zero-order valence-electron chi connectivity index (χ0n) is 6.97. The van der Waals surface area contributed by atoms with E-state index < -0.39 is 4.92 Å². The first-order chi connectivity index (χ1) is 6.65. The summed E-state index contributed by atoms with van der Waals surface area (Å²) in [6.45, 7) is 0.280. The Morgan fingerprint density at radius 1 is 1.57 bits per heavy atom. The number of benzene rings is 1. The Hall–Kier alpha value is -1.62. The maximum absolute atomic E-state index is 10.5. The van der Waals surface area contributed by atoms with Gasteiger partial charge in [-0.15, -0.1) is 0 Å². The summed E-state index contributed by atoms with van der Waals surface area (Å²) < 4.78 is 4.45. The summed E-state index contributed by atoms with van der Waals surface area (Å²) >= 11 is 5.57. The summed E-state index contributed by atoms with van der Waals surface area (Å²) in [5.74, 6) is 0. The van der Waals surface area contributed by atoms with Gasteiger partial charge in [-0.05, 0) is 11.6 Å². The van der Waals surface area contributed by atoms with Crippen molar-refractivity contribution in [2.75, 3.05) is 0 Å². The van der Waals surface area contributed by atoms with E-state index in [1.165, 1.54) is 12.1 Å². The zero-order chi connectivity index (χ0) is 10.6. The molecule has 0 aliphatic heterocycles. The molecular weight excluding hydrogens is 210 g/mol. The van der Waals surface area contributed by atoms with Gasteiger partial charge in [-0.1, -0.05) is 17.7 Å². The molecule has 0 bridgehead atoms. The predicted octanol–water partition coefficient (Wildman–Crippen LogP) is 1.92. The predicted molar refractivity (Wildman–Crippen MR) is 49.0 cm³/mol. The molecule has 14 heavy (non-hydrogen) atoms. The van der Waals surface area contributed by atoms with E-state index in [2.05, 4.69) is 4.74 Å². The highest BCUT2D eigenvalue weighted by molar-refractivity contribution is 6.32. The van der Waals surface area contributed by atoms with Crippen molar-refractivity contribution >= 4 is 23.8 Å². The first-order valence-electron chi connectivity index (χ1n) is 3.63. The maximum Gasteiger partial charge on any atom is 0.293 e. The molecule has 0 saturated carbocycles. The first-order valence-corrected chi connectivity index (χ1v) is 4.01. The fraction of sp³-hybridized carbons (Fsp3) is 0.125. The average molecular weight is 216 g/mol. The molecule has 74 valence electrons. The van der Waals surface area contributed by atoms with Crippen molar-refractivity contribution in [1.82, 2.24) is 0 Å². The molecule has 0 aliphatic carbocycles. The summed E-state index contributed by atoms with van der Waals surface area (Å²) in [6, 6.07) is 4.22. The number of carbonyl (C=O) groups is 1. The van der Waals surface area contributed by atoms with Crippen molar-refractivity contribution in [3.63, 3.8) is 0 Å². The Balaban J connectivity index is 2.94. The Bertz CT molecular complexity index is 366. The number of halogens is 1. The Morgan fingerprint density at radius 2 is 2.29 bits per heavy atom. The van der Waals surface area contributed by atoms with Crippen LogP contribution in [0.5, 0.6) is 0 Å². The minimum atomic E-state index is -0.591. The van der Waals surface area contributed by atoms with Crippen LogP contribution in [-0.4, -0.2) is 11.4 Å². The molecule has 0 amide bonds. The molecule has 0 N–H and O–H groups in total. The van der Waals surface area contributed by atoms with E-state index in [1.807, 2.05) is 0 Å².